The lowest BCUT2D eigenvalue weighted by atomic mass is 10.0. The molecule has 0 saturated carbocycles. The molecule has 0 spiro atoms. The van der Waals surface area contributed by atoms with Crippen LogP contribution in [0.15, 0.2) is 69.7 Å². The van der Waals surface area contributed by atoms with Crippen LogP contribution in [0.25, 0.3) is 0 Å². The number of nitro groups is 1. The molecule has 13 heteroatoms. The van der Waals surface area contributed by atoms with E-state index in [1.54, 1.807) is 30.3 Å². The van der Waals surface area contributed by atoms with Gasteiger partial charge in [-0.1, -0.05) is 30.3 Å². The highest BCUT2D eigenvalue weighted by molar-refractivity contribution is 8.13. The largest absolute Gasteiger partial charge is 0.308 e. The first-order valence-corrected chi connectivity index (χ1v) is 12.1. The van der Waals surface area contributed by atoms with Crippen LogP contribution in [0, 0.1) is 10.1 Å². The van der Waals surface area contributed by atoms with E-state index in [1.165, 1.54) is 0 Å². The maximum Gasteiger partial charge on any atom is 0.269 e. The van der Waals surface area contributed by atoms with E-state index in [2.05, 4.69) is 21.1 Å². The van der Waals surface area contributed by atoms with E-state index >= 15 is 0 Å². The minimum Gasteiger partial charge on any atom is -0.308 e. The van der Waals surface area contributed by atoms with Gasteiger partial charge in [-0.25, -0.2) is 16.8 Å². The second-order valence-corrected chi connectivity index (χ2v) is 10.8. The van der Waals surface area contributed by atoms with Crippen molar-refractivity contribution in [2.75, 3.05) is 13.1 Å². The molecule has 0 amide bonds. The fourth-order valence-electron chi connectivity index (χ4n) is 3.44. The molecular weight excluding hydrogens is 446 g/mol. The van der Waals surface area contributed by atoms with Crippen molar-refractivity contribution in [3.8, 4) is 0 Å². The van der Waals surface area contributed by atoms with Crippen molar-refractivity contribution < 1.29 is 21.8 Å². The van der Waals surface area contributed by atoms with Gasteiger partial charge in [0.25, 0.3) is 5.69 Å². The van der Waals surface area contributed by atoms with Gasteiger partial charge in [0.05, 0.1) is 22.3 Å². The fraction of sp³-hybridized carbons (Fsp3) is 0.222. The van der Waals surface area contributed by atoms with E-state index in [-0.39, 0.29) is 28.7 Å². The number of nitro benzene ring substituents is 1. The summed E-state index contributed by atoms with van der Waals surface area (Å²) < 4.78 is 53.0. The third-order valence-corrected chi connectivity index (χ3v) is 9.09. The molecular formula is C18H17N5O6S2. The minimum atomic E-state index is -4.31. The monoisotopic (exact) mass is 463 g/mol. The Morgan fingerprint density at radius 2 is 1.48 bits per heavy atom. The summed E-state index contributed by atoms with van der Waals surface area (Å²) in [5.41, 5.74) is 5.59. The maximum absolute atomic E-state index is 13.4. The van der Waals surface area contributed by atoms with Crippen molar-refractivity contribution in [3.63, 3.8) is 0 Å². The number of hydrazone groups is 2. The van der Waals surface area contributed by atoms with Crippen LogP contribution in [0.5, 0.6) is 0 Å². The van der Waals surface area contributed by atoms with Gasteiger partial charge in [0.15, 0.2) is 10.1 Å². The minimum absolute atomic E-state index is 0.154. The van der Waals surface area contributed by atoms with Crippen LogP contribution in [-0.2, 0) is 19.7 Å². The van der Waals surface area contributed by atoms with Crippen LogP contribution in [0.3, 0.4) is 0 Å². The lowest BCUT2D eigenvalue weighted by Gasteiger charge is -2.17. The topological polar surface area (TPSA) is 160 Å². The predicted molar refractivity (Wildman–Crippen MR) is 113 cm³/mol. The zero-order valence-corrected chi connectivity index (χ0v) is 17.5. The van der Waals surface area contributed by atoms with Crippen molar-refractivity contribution in [2.24, 2.45) is 10.2 Å². The van der Waals surface area contributed by atoms with E-state index in [1.807, 2.05) is 0 Å². The molecule has 0 aliphatic carbocycles. The molecule has 2 aromatic rings. The third kappa shape index (κ3) is 3.65. The van der Waals surface area contributed by atoms with Gasteiger partial charge < -0.3 is 10.9 Å². The van der Waals surface area contributed by atoms with Gasteiger partial charge in [0.1, 0.15) is 5.25 Å². The summed E-state index contributed by atoms with van der Waals surface area (Å²) >= 11 is 0. The molecule has 2 N–H and O–H groups in total. The Hall–Kier alpha value is -3.32. The zero-order valence-electron chi connectivity index (χ0n) is 15.9. The molecule has 0 aromatic heterocycles. The highest BCUT2D eigenvalue weighted by atomic mass is 32.2. The summed E-state index contributed by atoms with van der Waals surface area (Å²) in [6, 6.07) is 13.1. The van der Waals surface area contributed by atoms with Gasteiger partial charge >= 0.3 is 0 Å². The number of hydrogen-bond donors (Lipinski definition) is 2. The molecule has 11 nitrogen and oxygen atoms in total. The molecule has 2 unspecified atom stereocenters. The number of rotatable bonds is 4. The Bertz CT molecular complexity index is 1290. The normalized spacial score (nSPS) is 21.0. The highest BCUT2D eigenvalue weighted by Crippen LogP contribution is 2.29. The summed E-state index contributed by atoms with van der Waals surface area (Å²) in [6.45, 7) is 0.0325. The smallest absolute Gasteiger partial charge is 0.269 e. The van der Waals surface area contributed by atoms with Crippen LogP contribution in [-0.4, -0.2) is 50.2 Å². The lowest BCUT2D eigenvalue weighted by Crippen LogP contribution is -2.41. The Balaban J connectivity index is 1.68. The molecule has 2 heterocycles. The van der Waals surface area contributed by atoms with Crippen LogP contribution in [0.2, 0.25) is 0 Å². The average Bonchev–Trinajstić information content (AvgIpc) is 3.45. The summed E-state index contributed by atoms with van der Waals surface area (Å²) in [6.07, 6.45) is 0. The van der Waals surface area contributed by atoms with E-state index < -0.39 is 40.8 Å². The van der Waals surface area contributed by atoms with Crippen molar-refractivity contribution in [2.45, 2.75) is 16.1 Å². The second kappa shape index (κ2) is 7.74. The number of nitrogens with zero attached hydrogens (tertiary/aromatic N) is 3. The Morgan fingerprint density at radius 3 is 2.13 bits per heavy atom. The number of nitrogens with one attached hydrogen (secondary N) is 2. The summed E-state index contributed by atoms with van der Waals surface area (Å²) in [5, 5.41) is 16.3. The van der Waals surface area contributed by atoms with E-state index in [4.69, 9.17) is 0 Å². The second-order valence-electron chi connectivity index (χ2n) is 6.88. The molecule has 2 atom stereocenters. The first kappa shape index (κ1) is 20.9. The van der Waals surface area contributed by atoms with Crippen LogP contribution >= 0.6 is 0 Å². The maximum atomic E-state index is 13.4. The quantitative estimate of drug-likeness (QED) is 0.496. The van der Waals surface area contributed by atoms with Gasteiger partial charge in [-0.2, -0.15) is 10.2 Å². The first-order valence-electron chi connectivity index (χ1n) is 9.12. The van der Waals surface area contributed by atoms with E-state index in [0.29, 0.717) is 0 Å². The van der Waals surface area contributed by atoms with Gasteiger partial charge in [0.2, 0.25) is 19.7 Å². The molecule has 2 aliphatic heterocycles. The van der Waals surface area contributed by atoms with Crippen molar-refractivity contribution in [1.29, 1.82) is 0 Å². The van der Waals surface area contributed by atoms with Gasteiger partial charge in [0, 0.05) is 18.7 Å². The molecule has 31 heavy (non-hydrogen) atoms. The standard InChI is InChI=1S/C18H17N5O6S2/c24-23(25)13-6-8-14(9-7-13)30(26,27)18-16(11-20-22-18)31(28,29)17-15(10-19-21-17)12-4-2-1-3-5-12/h1-9,15-16,19-20H,10-11H2. The third-order valence-electron chi connectivity index (χ3n) is 5.03. The van der Waals surface area contributed by atoms with Gasteiger partial charge in [-0.15, -0.1) is 0 Å². The Kier molecular flexibility index (Phi) is 5.23. The molecule has 2 aliphatic rings. The highest BCUT2D eigenvalue weighted by Gasteiger charge is 2.47. The molecule has 0 saturated heterocycles. The molecule has 0 radical (unpaired) electrons. The average molecular weight is 463 g/mol. The fourth-order valence-corrected chi connectivity index (χ4v) is 7.26. The Morgan fingerprint density at radius 1 is 0.871 bits per heavy atom. The molecule has 162 valence electrons. The van der Waals surface area contributed by atoms with E-state index in [9.17, 15) is 26.9 Å². The summed E-state index contributed by atoms with van der Waals surface area (Å²) in [7, 11) is -8.51. The lowest BCUT2D eigenvalue weighted by molar-refractivity contribution is -0.384. The first-order chi connectivity index (χ1) is 14.7. The van der Waals surface area contributed by atoms with Crippen molar-refractivity contribution in [1.82, 2.24) is 10.9 Å². The van der Waals surface area contributed by atoms with Crippen LogP contribution in [0.1, 0.15) is 11.5 Å². The molecule has 4 rings (SSSR count). The number of non-ortho nitro benzene ring substituents is 1. The zero-order chi connectivity index (χ0) is 22.2. The summed E-state index contributed by atoms with van der Waals surface area (Å²) in [5.74, 6) is -0.560. The SMILES string of the molecule is O=[N+]([O-])c1ccc(S(=O)(=O)C2=NNCC2S(=O)(=O)C2=NNCC2c2ccccc2)cc1. The summed E-state index contributed by atoms with van der Waals surface area (Å²) in [4.78, 5) is 9.88. The number of hydrogen-bond acceptors (Lipinski definition) is 10. The molecule has 2 aromatic carbocycles. The molecule has 0 fully saturated rings. The van der Waals surface area contributed by atoms with Gasteiger partial charge in [-0.05, 0) is 17.7 Å². The van der Waals surface area contributed by atoms with Gasteiger partial charge in [-0.3, -0.25) is 10.1 Å². The van der Waals surface area contributed by atoms with Crippen LogP contribution in [0.4, 0.5) is 5.69 Å². The van der Waals surface area contributed by atoms with E-state index in [0.717, 1.165) is 29.8 Å². The predicted octanol–water partition coefficient (Wildman–Crippen LogP) is 0.769. The van der Waals surface area contributed by atoms with Crippen LogP contribution < -0.4 is 10.9 Å². The van der Waals surface area contributed by atoms with Crippen molar-refractivity contribution in [3.05, 3.63) is 70.3 Å². The number of sulfone groups is 2. The van der Waals surface area contributed by atoms with Crippen molar-refractivity contribution >= 4 is 35.4 Å². The Labute approximate surface area is 177 Å². The molecule has 0 bridgehead atoms. The number of benzene rings is 2.